The minimum atomic E-state index is -0.363. The summed E-state index contributed by atoms with van der Waals surface area (Å²) in [4.78, 5) is 34.0. The van der Waals surface area contributed by atoms with E-state index in [-0.39, 0.29) is 21.8 Å². The predicted octanol–water partition coefficient (Wildman–Crippen LogP) is 0.996. The highest BCUT2D eigenvalue weighted by atomic mass is 16.5. The van der Waals surface area contributed by atoms with E-state index in [0.717, 1.165) is 16.9 Å². The quantitative estimate of drug-likeness (QED) is 0.505. The van der Waals surface area contributed by atoms with Crippen molar-refractivity contribution in [1.29, 1.82) is 0 Å². The van der Waals surface area contributed by atoms with Crippen molar-refractivity contribution in [2.45, 2.75) is 6.54 Å². The van der Waals surface area contributed by atoms with Crippen molar-refractivity contribution in [2.75, 3.05) is 6.61 Å². The molecule has 0 amide bonds. The van der Waals surface area contributed by atoms with Gasteiger partial charge >= 0.3 is 0 Å². The van der Waals surface area contributed by atoms with Gasteiger partial charge in [-0.15, -0.1) is 0 Å². The van der Waals surface area contributed by atoms with Gasteiger partial charge < -0.3 is 19.3 Å². The molecule has 0 radical (unpaired) electrons. The van der Waals surface area contributed by atoms with Crippen LogP contribution in [0.15, 0.2) is 82.9 Å². The van der Waals surface area contributed by atoms with Gasteiger partial charge in [0.05, 0.1) is 12.9 Å². The summed E-state index contributed by atoms with van der Waals surface area (Å²) in [6.45, 7) is 1.22. The van der Waals surface area contributed by atoms with Gasteiger partial charge in [-0.25, -0.2) is 4.98 Å². The van der Waals surface area contributed by atoms with Crippen molar-refractivity contribution in [3.8, 4) is 5.75 Å². The van der Waals surface area contributed by atoms with Crippen molar-refractivity contribution in [1.82, 2.24) is 19.5 Å². The lowest BCUT2D eigenvalue weighted by Gasteiger charge is -2.06. The van der Waals surface area contributed by atoms with Crippen LogP contribution in [0, 0.1) is 0 Å². The van der Waals surface area contributed by atoms with Crippen LogP contribution < -0.4 is 26.6 Å². The first-order valence-corrected chi connectivity index (χ1v) is 9.47. The van der Waals surface area contributed by atoms with Crippen LogP contribution >= 0.6 is 0 Å². The molecule has 0 aliphatic heterocycles. The zero-order valence-corrected chi connectivity index (χ0v) is 16.1. The number of hydrogen-bond donors (Lipinski definition) is 2. The number of aromatic nitrogens is 4. The molecule has 7 nitrogen and oxygen atoms in total. The number of imidazole rings is 1. The Morgan fingerprint density at radius 2 is 1.50 bits per heavy atom. The second-order valence-corrected chi connectivity index (χ2v) is 6.65. The van der Waals surface area contributed by atoms with E-state index in [1.54, 1.807) is 24.7 Å². The van der Waals surface area contributed by atoms with Crippen LogP contribution in [0.5, 0.6) is 5.75 Å². The Kier molecular flexibility index (Phi) is 5.70. The molecule has 7 heteroatoms. The SMILES string of the molecule is O=c1[nH]c(=Cc2ccc(OCCn3ccnc3)cc2)c(=O)[nH]c1=Cc1ccccc1. The molecule has 2 aromatic heterocycles. The van der Waals surface area contributed by atoms with Crippen LogP contribution in [-0.2, 0) is 6.54 Å². The summed E-state index contributed by atoms with van der Waals surface area (Å²) >= 11 is 0. The summed E-state index contributed by atoms with van der Waals surface area (Å²) in [5, 5.41) is 0.406. The monoisotopic (exact) mass is 400 g/mol. The Balaban J connectivity index is 1.51. The van der Waals surface area contributed by atoms with Gasteiger partial charge in [-0.05, 0) is 35.4 Å². The molecule has 0 saturated heterocycles. The molecule has 0 unspecified atom stereocenters. The molecule has 150 valence electrons. The smallest absolute Gasteiger partial charge is 0.272 e. The maximum Gasteiger partial charge on any atom is 0.272 e. The van der Waals surface area contributed by atoms with E-state index in [4.69, 9.17) is 4.74 Å². The molecule has 4 aromatic rings. The molecule has 0 bridgehead atoms. The summed E-state index contributed by atoms with van der Waals surface area (Å²) in [6.07, 6.45) is 8.61. The standard InChI is InChI=1S/C23H20N4O3/c28-22-20(14-17-4-2-1-3-5-17)25-23(29)21(26-22)15-18-6-8-19(9-7-18)30-13-12-27-11-10-24-16-27/h1-11,14-16H,12-13H2,(H,25,29)(H,26,28). The highest BCUT2D eigenvalue weighted by Gasteiger charge is 1.99. The highest BCUT2D eigenvalue weighted by molar-refractivity contribution is 5.50. The summed E-state index contributed by atoms with van der Waals surface area (Å²) in [5.41, 5.74) is 0.888. The fraction of sp³-hybridized carbons (Fsp3) is 0.0870. The first kappa shape index (κ1) is 19.2. The predicted molar refractivity (Wildman–Crippen MR) is 115 cm³/mol. The average Bonchev–Trinajstić information content (AvgIpc) is 3.27. The summed E-state index contributed by atoms with van der Waals surface area (Å²) in [7, 11) is 0. The van der Waals surface area contributed by atoms with Gasteiger partial charge in [0.2, 0.25) is 0 Å². The van der Waals surface area contributed by atoms with Gasteiger partial charge in [0.1, 0.15) is 23.1 Å². The van der Waals surface area contributed by atoms with E-state index in [1.807, 2.05) is 65.4 Å². The van der Waals surface area contributed by atoms with Crippen molar-refractivity contribution in [2.24, 2.45) is 0 Å². The highest BCUT2D eigenvalue weighted by Crippen LogP contribution is 2.12. The van der Waals surface area contributed by atoms with Gasteiger partial charge in [-0.1, -0.05) is 42.5 Å². The van der Waals surface area contributed by atoms with E-state index in [2.05, 4.69) is 15.0 Å². The Bertz CT molecular complexity index is 1340. The fourth-order valence-electron chi connectivity index (χ4n) is 2.93. The molecule has 2 N–H and O–H groups in total. The minimum absolute atomic E-state index is 0.194. The molecular weight excluding hydrogens is 380 g/mol. The lowest BCUT2D eigenvalue weighted by molar-refractivity contribution is 0.298. The maximum absolute atomic E-state index is 12.4. The molecule has 2 heterocycles. The van der Waals surface area contributed by atoms with Crippen LogP contribution in [0.1, 0.15) is 11.1 Å². The zero-order chi connectivity index (χ0) is 20.8. The van der Waals surface area contributed by atoms with Crippen LogP contribution in [-0.4, -0.2) is 26.1 Å². The van der Waals surface area contributed by atoms with Gasteiger partial charge in [0.15, 0.2) is 0 Å². The molecule has 0 atom stereocenters. The molecular formula is C23H20N4O3. The van der Waals surface area contributed by atoms with Gasteiger partial charge in [-0.2, -0.15) is 0 Å². The number of benzene rings is 2. The minimum Gasteiger partial charge on any atom is -0.492 e. The second-order valence-electron chi connectivity index (χ2n) is 6.65. The zero-order valence-electron chi connectivity index (χ0n) is 16.1. The third-order valence-corrected chi connectivity index (χ3v) is 4.46. The number of H-pyrrole nitrogens is 2. The molecule has 0 aliphatic carbocycles. The van der Waals surface area contributed by atoms with Crippen LogP contribution in [0.2, 0.25) is 0 Å². The van der Waals surface area contributed by atoms with Crippen molar-refractivity contribution in [3.05, 3.63) is 116 Å². The van der Waals surface area contributed by atoms with E-state index < -0.39 is 0 Å². The number of nitrogens with zero attached hydrogens (tertiary/aromatic N) is 2. The first-order valence-electron chi connectivity index (χ1n) is 9.47. The number of aromatic amines is 2. The Labute approximate surface area is 171 Å². The van der Waals surface area contributed by atoms with Crippen LogP contribution in [0.3, 0.4) is 0 Å². The Morgan fingerprint density at radius 1 is 0.867 bits per heavy atom. The molecule has 0 fully saturated rings. The van der Waals surface area contributed by atoms with E-state index >= 15 is 0 Å². The molecule has 0 spiro atoms. The molecule has 0 saturated carbocycles. The van der Waals surface area contributed by atoms with Crippen molar-refractivity contribution in [3.63, 3.8) is 0 Å². The van der Waals surface area contributed by atoms with Crippen LogP contribution in [0.4, 0.5) is 0 Å². The number of rotatable bonds is 6. The summed E-state index contributed by atoms with van der Waals surface area (Å²) < 4.78 is 7.64. The first-order chi connectivity index (χ1) is 14.7. The largest absolute Gasteiger partial charge is 0.492 e. The topological polar surface area (TPSA) is 92.8 Å². The third-order valence-electron chi connectivity index (χ3n) is 4.46. The van der Waals surface area contributed by atoms with Crippen molar-refractivity contribution >= 4 is 12.2 Å². The third kappa shape index (κ3) is 4.82. The Morgan fingerprint density at radius 3 is 2.10 bits per heavy atom. The number of ether oxygens (including phenoxy) is 1. The van der Waals surface area contributed by atoms with Crippen molar-refractivity contribution < 1.29 is 4.74 Å². The molecule has 30 heavy (non-hydrogen) atoms. The Hall–Kier alpha value is -4.13. The fourth-order valence-corrected chi connectivity index (χ4v) is 2.93. The second kappa shape index (κ2) is 8.91. The maximum atomic E-state index is 12.4. The number of nitrogens with one attached hydrogen (secondary N) is 2. The van der Waals surface area contributed by atoms with Crippen LogP contribution in [0.25, 0.3) is 12.2 Å². The van der Waals surface area contributed by atoms with Gasteiger partial charge in [0.25, 0.3) is 11.1 Å². The summed E-state index contributed by atoms with van der Waals surface area (Å²) in [6, 6.07) is 16.6. The normalized spacial score (nSPS) is 12.3. The van der Waals surface area contributed by atoms with Gasteiger partial charge in [-0.3, -0.25) is 9.59 Å². The van der Waals surface area contributed by atoms with E-state index in [1.165, 1.54) is 0 Å². The summed E-state index contributed by atoms with van der Waals surface area (Å²) in [5.74, 6) is 0.725. The van der Waals surface area contributed by atoms with E-state index in [0.29, 0.717) is 13.2 Å². The molecule has 0 aliphatic rings. The lowest BCUT2D eigenvalue weighted by Crippen LogP contribution is -2.46. The molecule has 2 aromatic carbocycles. The number of hydrogen-bond acceptors (Lipinski definition) is 4. The van der Waals surface area contributed by atoms with Gasteiger partial charge in [0, 0.05) is 12.4 Å². The lowest BCUT2D eigenvalue weighted by atomic mass is 10.2. The molecule has 4 rings (SSSR count). The average molecular weight is 400 g/mol. The van der Waals surface area contributed by atoms with E-state index in [9.17, 15) is 9.59 Å².